The summed E-state index contributed by atoms with van der Waals surface area (Å²) in [7, 11) is 0. The van der Waals surface area contributed by atoms with E-state index < -0.39 is 0 Å². The number of ether oxygens (including phenoxy) is 1. The lowest BCUT2D eigenvalue weighted by Gasteiger charge is -2.05. The monoisotopic (exact) mass is 258 g/mol. The van der Waals surface area contributed by atoms with Crippen LogP contribution in [-0.2, 0) is 11.3 Å². The van der Waals surface area contributed by atoms with Crippen LogP contribution < -0.4 is 0 Å². The van der Waals surface area contributed by atoms with Gasteiger partial charge < -0.3 is 4.74 Å². The Bertz CT molecular complexity index is 291. The number of rotatable bonds is 8. The molecule has 90 valence electrons. The summed E-state index contributed by atoms with van der Waals surface area (Å²) >= 11 is 10.2. The molecule has 0 unspecified atom stereocenters. The maximum atomic E-state index is 6.02. The van der Waals surface area contributed by atoms with Crippen LogP contribution in [0.25, 0.3) is 0 Å². The zero-order chi connectivity index (χ0) is 11.6. The molecule has 1 rings (SSSR count). The van der Waals surface area contributed by atoms with E-state index in [1.165, 1.54) is 19.3 Å². The van der Waals surface area contributed by atoms with Gasteiger partial charge >= 0.3 is 0 Å². The van der Waals surface area contributed by atoms with Gasteiger partial charge in [0.1, 0.15) is 0 Å². The van der Waals surface area contributed by atoms with Gasteiger partial charge in [-0.25, -0.2) is 0 Å². The molecule has 0 atom stereocenters. The van der Waals surface area contributed by atoms with Gasteiger partial charge in [0, 0.05) is 11.6 Å². The van der Waals surface area contributed by atoms with E-state index in [0.717, 1.165) is 29.4 Å². The minimum absolute atomic E-state index is 0.617. The third-order valence-corrected chi connectivity index (χ3v) is 3.10. The fraction of sp³-hybridized carbons (Fsp3) is 0.538. The summed E-state index contributed by atoms with van der Waals surface area (Å²) in [5.74, 6) is 0.987. The first-order valence-corrected chi connectivity index (χ1v) is 6.77. The molecular weight excluding hydrogens is 240 g/mol. The van der Waals surface area contributed by atoms with Crippen LogP contribution >= 0.6 is 24.2 Å². The lowest BCUT2D eigenvalue weighted by atomic mass is 10.2. The number of unbranched alkanes of at least 4 members (excludes halogenated alkanes) is 3. The zero-order valence-corrected chi connectivity index (χ0v) is 11.1. The summed E-state index contributed by atoms with van der Waals surface area (Å²) in [4.78, 5) is 0. The van der Waals surface area contributed by atoms with E-state index in [4.69, 9.17) is 16.3 Å². The molecule has 0 spiro atoms. The van der Waals surface area contributed by atoms with Gasteiger partial charge in [0.05, 0.1) is 6.61 Å². The normalized spacial score (nSPS) is 10.6. The number of hydrogen-bond acceptors (Lipinski definition) is 2. The van der Waals surface area contributed by atoms with Crippen molar-refractivity contribution in [2.24, 2.45) is 0 Å². The van der Waals surface area contributed by atoms with E-state index in [0.29, 0.717) is 6.61 Å². The van der Waals surface area contributed by atoms with Crippen LogP contribution in [0.4, 0.5) is 0 Å². The quantitative estimate of drug-likeness (QED) is 0.539. The van der Waals surface area contributed by atoms with Crippen LogP contribution in [-0.4, -0.2) is 12.4 Å². The molecule has 0 aliphatic rings. The molecule has 3 heteroatoms. The van der Waals surface area contributed by atoms with Crippen molar-refractivity contribution in [2.45, 2.75) is 32.3 Å². The summed E-state index contributed by atoms with van der Waals surface area (Å²) in [6, 6.07) is 7.82. The maximum absolute atomic E-state index is 6.02. The second-order valence-corrected chi connectivity index (χ2v) is 4.64. The van der Waals surface area contributed by atoms with Gasteiger partial charge in [-0.2, -0.15) is 12.6 Å². The first kappa shape index (κ1) is 13.9. The predicted molar refractivity (Wildman–Crippen MR) is 73.4 cm³/mol. The Balaban J connectivity index is 2.05. The van der Waals surface area contributed by atoms with Gasteiger partial charge in [-0.15, -0.1) is 0 Å². The van der Waals surface area contributed by atoms with Crippen LogP contribution in [0.15, 0.2) is 24.3 Å². The molecule has 1 nitrogen and oxygen atoms in total. The first-order valence-electron chi connectivity index (χ1n) is 5.76. The van der Waals surface area contributed by atoms with Gasteiger partial charge in [0.15, 0.2) is 0 Å². The molecule has 0 aliphatic carbocycles. The van der Waals surface area contributed by atoms with Crippen molar-refractivity contribution in [3.8, 4) is 0 Å². The molecule has 0 saturated carbocycles. The highest BCUT2D eigenvalue weighted by molar-refractivity contribution is 7.80. The van der Waals surface area contributed by atoms with Crippen molar-refractivity contribution in [2.75, 3.05) is 12.4 Å². The average molecular weight is 259 g/mol. The van der Waals surface area contributed by atoms with Crippen LogP contribution in [0.2, 0.25) is 5.02 Å². The molecule has 0 fully saturated rings. The average Bonchev–Trinajstić information content (AvgIpc) is 2.30. The molecule has 0 aliphatic heterocycles. The summed E-state index contributed by atoms with van der Waals surface area (Å²) in [6.07, 6.45) is 4.80. The topological polar surface area (TPSA) is 9.23 Å². The van der Waals surface area contributed by atoms with Crippen LogP contribution in [0.5, 0.6) is 0 Å². The van der Waals surface area contributed by atoms with Gasteiger partial charge in [-0.3, -0.25) is 0 Å². The highest BCUT2D eigenvalue weighted by Gasteiger charge is 1.98. The minimum atomic E-state index is 0.617. The smallest absolute Gasteiger partial charge is 0.0731 e. The fourth-order valence-corrected chi connectivity index (χ4v) is 1.88. The Morgan fingerprint density at radius 1 is 1.06 bits per heavy atom. The summed E-state index contributed by atoms with van der Waals surface area (Å²) in [5, 5.41) is 0.789. The molecule has 1 aromatic rings. The van der Waals surface area contributed by atoms with E-state index >= 15 is 0 Å². The van der Waals surface area contributed by atoms with Crippen LogP contribution in [0.3, 0.4) is 0 Å². The first-order chi connectivity index (χ1) is 7.84. The molecular formula is C13H19ClOS. The van der Waals surface area contributed by atoms with Crippen LogP contribution in [0, 0.1) is 0 Å². The van der Waals surface area contributed by atoms with Crippen molar-refractivity contribution in [1.82, 2.24) is 0 Å². The van der Waals surface area contributed by atoms with Crippen molar-refractivity contribution >= 4 is 24.2 Å². The third-order valence-electron chi connectivity index (χ3n) is 2.41. The highest BCUT2D eigenvalue weighted by Crippen LogP contribution is 2.15. The Hall–Kier alpha value is -0.180. The molecule has 16 heavy (non-hydrogen) atoms. The second kappa shape index (κ2) is 8.91. The Kier molecular flexibility index (Phi) is 7.73. The minimum Gasteiger partial charge on any atom is -0.377 e. The molecule has 0 saturated heterocycles. The SMILES string of the molecule is SCCCCCCOCc1ccccc1Cl. The van der Waals surface area contributed by atoms with Crippen LogP contribution in [0.1, 0.15) is 31.2 Å². The van der Waals surface area contributed by atoms with Crippen molar-refractivity contribution < 1.29 is 4.74 Å². The summed E-state index contributed by atoms with van der Waals surface area (Å²) in [6.45, 7) is 1.43. The predicted octanol–water partition coefficient (Wildman–Crippen LogP) is 4.35. The molecule has 0 N–H and O–H groups in total. The number of hydrogen-bond donors (Lipinski definition) is 1. The lowest BCUT2D eigenvalue weighted by Crippen LogP contribution is -1.96. The van der Waals surface area contributed by atoms with E-state index in [9.17, 15) is 0 Å². The molecule has 0 radical (unpaired) electrons. The molecule has 0 aromatic heterocycles. The van der Waals surface area contributed by atoms with Gasteiger partial charge in [0.2, 0.25) is 0 Å². The zero-order valence-electron chi connectivity index (χ0n) is 9.49. The van der Waals surface area contributed by atoms with Gasteiger partial charge in [-0.05, 0) is 30.2 Å². The van der Waals surface area contributed by atoms with E-state index in [1.807, 2.05) is 24.3 Å². The molecule has 0 heterocycles. The molecule has 1 aromatic carbocycles. The summed E-state index contributed by atoms with van der Waals surface area (Å²) < 4.78 is 5.58. The lowest BCUT2D eigenvalue weighted by molar-refractivity contribution is 0.117. The third kappa shape index (κ3) is 5.78. The largest absolute Gasteiger partial charge is 0.377 e. The van der Waals surface area contributed by atoms with E-state index in [-0.39, 0.29) is 0 Å². The van der Waals surface area contributed by atoms with Crippen molar-refractivity contribution in [3.05, 3.63) is 34.9 Å². The molecule has 0 amide bonds. The second-order valence-electron chi connectivity index (χ2n) is 3.78. The van der Waals surface area contributed by atoms with Crippen molar-refractivity contribution in [3.63, 3.8) is 0 Å². The van der Waals surface area contributed by atoms with E-state index in [1.54, 1.807) is 0 Å². The van der Waals surface area contributed by atoms with Crippen molar-refractivity contribution in [1.29, 1.82) is 0 Å². The highest BCUT2D eigenvalue weighted by atomic mass is 35.5. The maximum Gasteiger partial charge on any atom is 0.0731 e. The molecule has 0 bridgehead atoms. The summed E-state index contributed by atoms with van der Waals surface area (Å²) in [5.41, 5.74) is 1.07. The Morgan fingerprint density at radius 3 is 2.56 bits per heavy atom. The Labute approximate surface area is 109 Å². The standard InChI is InChI=1S/C13H19ClOS/c14-13-8-4-3-7-12(13)11-15-9-5-1-2-6-10-16/h3-4,7-8,16H,1-2,5-6,9-11H2. The fourth-order valence-electron chi connectivity index (χ4n) is 1.47. The van der Waals surface area contributed by atoms with Gasteiger partial charge in [0.25, 0.3) is 0 Å². The van der Waals surface area contributed by atoms with E-state index in [2.05, 4.69) is 12.6 Å². The number of halogens is 1. The number of benzene rings is 1. The van der Waals surface area contributed by atoms with Gasteiger partial charge in [-0.1, -0.05) is 42.6 Å². The number of thiol groups is 1. The Morgan fingerprint density at radius 2 is 1.81 bits per heavy atom.